The Labute approximate surface area is 190 Å². The van der Waals surface area contributed by atoms with Crippen LogP contribution in [-0.2, 0) is 16.0 Å². The minimum Gasteiger partial charge on any atom is -0.497 e. The summed E-state index contributed by atoms with van der Waals surface area (Å²) in [5, 5.41) is 6.12. The molecule has 2 heterocycles. The third kappa shape index (κ3) is 5.13. The van der Waals surface area contributed by atoms with Crippen LogP contribution < -0.4 is 15.4 Å². The summed E-state index contributed by atoms with van der Waals surface area (Å²) in [6.07, 6.45) is 3.85. The number of nitrogens with one attached hydrogen (secondary N) is 2. The monoisotopic (exact) mass is 435 g/mol. The topological polar surface area (TPSA) is 70.7 Å². The number of anilines is 1. The van der Waals surface area contributed by atoms with E-state index >= 15 is 0 Å². The molecule has 1 saturated heterocycles. The van der Waals surface area contributed by atoms with E-state index in [0.29, 0.717) is 31.7 Å². The number of likely N-dealkylation sites (tertiary alicyclic amines) is 1. The number of fused-ring (bicyclic) bond motifs is 1. The van der Waals surface area contributed by atoms with Gasteiger partial charge in [0, 0.05) is 30.6 Å². The molecule has 2 N–H and O–H groups in total. The lowest BCUT2D eigenvalue weighted by atomic mass is 9.84. The molecule has 3 unspecified atom stereocenters. The van der Waals surface area contributed by atoms with Gasteiger partial charge in [-0.15, -0.1) is 0 Å². The van der Waals surface area contributed by atoms with Crippen molar-refractivity contribution < 1.29 is 14.3 Å². The summed E-state index contributed by atoms with van der Waals surface area (Å²) < 4.78 is 5.29. The van der Waals surface area contributed by atoms with Gasteiger partial charge in [0.1, 0.15) is 5.75 Å². The van der Waals surface area contributed by atoms with Crippen molar-refractivity contribution in [2.75, 3.05) is 32.6 Å². The van der Waals surface area contributed by atoms with Crippen LogP contribution in [0.2, 0.25) is 0 Å². The Morgan fingerprint density at radius 3 is 2.75 bits per heavy atom. The highest BCUT2D eigenvalue weighted by atomic mass is 16.5. The molecule has 2 amide bonds. The number of amides is 2. The number of piperidine rings is 1. The van der Waals surface area contributed by atoms with Gasteiger partial charge < -0.3 is 15.4 Å². The fourth-order valence-electron chi connectivity index (χ4n) is 5.09. The largest absolute Gasteiger partial charge is 0.497 e. The summed E-state index contributed by atoms with van der Waals surface area (Å²) in [5.41, 5.74) is 3.29. The molecule has 170 valence electrons. The Morgan fingerprint density at radius 1 is 1.19 bits per heavy atom. The molecule has 32 heavy (non-hydrogen) atoms. The summed E-state index contributed by atoms with van der Waals surface area (Å²) in [4.78, 5) is 27.4. The number of hydrogen-bond acceptors (Lipinski definition) is 4. The van der Waals surface area contributed by atoms with E-state index in [1.165, 1.54) is 5.56 Å². The van der Waals surface area contributed by atoms with E-state index in [2.05, 4.69) is 34.7 Å². The van der Waals surface area contributed by atoms with Crippen molar-refractivity contribution in [1.29, 1.82) is 0 Å². The highest BCUT2D eigenvalue weighted by Crippen LogP contribution is 2.35. The van der Waals surface area contributed by atoms with Gasteiger partial charge in [0.05, 0.1) is 7.11 Å². The lowest BCUT2D eigenvalue weighted by Crippen LogP contribution is -2.42. The number of nitrogens with zero attached hydrogens (tertiary/aromatic N) is 1. The summed E-state index contributed by atoms with van der Waals surface area (Å²) >= 11 is 0. The van der Waals surface area contributed by atoms with Crippen LogP contribution in [0, 0.1) is 11.8 Å². The van der Waals surface area contributed by atoms with E-state index in [1.54, 1.807) is 7.11 Å². The molecule has 2 aliphatic heterocycles. The second-order valence-electron chi connectivity index (χ2n) is 8.99. The molecule has 0 spiro atoms. The smallest absolute Gasteiger partial charge is 0.227 e. The first-order chi connectivity index (χ1) is 15.5. The third-order valence-corrected chi connectivity index (χ3v) is 6.86. The van der Waals surface area contributed by atoms with Crippen molar-refractivity contribution in [3.63, 3.8) is 0 Å². The molecule has 1 fully saturated rings. The molecule has 3 atom stereocenters. The number of ether oxygens (including phenoxy) is 1. The first-order valence-electron chi connectivity index (χ1n) is 11.5. The van der Waals surface area contributed by atoms with Crippen molar-refractivity contribution in [3.8, 4) is 5.75 Å². The molecule has 2 aliphatic rings. The number of benzene rings is 2. The summed E-state index contributed by atoms with van der Waals surface area (Å²) in [6.45, 7) is 1.71. The first-order valence-corrected chi connectivity index (χ1v) is 11.5. The molecule has 2 aromatic rings. The maximum atomic E-state index is 12.6. The van der Waals surface area contributed by atoms with Gasteiger partial charge in [-0.3, -0.25) is 14.5 Å². The van der Waals surface area contributed by atoms with Gasteiger partial charge in [-0.25, -0.2) is 0 Å². The molecule has 0 aromatic heterocycles. The summed E-state index contributed by atoms with van der Waals surface area (Å²) in [7, 11) is 3.83. The number of carbonyl (C=O) groups is 2. The number of carbonyl (C=O) groups excluding carboxylic acids is 2. The Hall–Kier alpha value is -2.86. The van der Waals surface area contributed by atoms with E-state index in [0.717, 1.165) is 36.4 Å². The quantitative estimate of drug-likeness (QED) is 0.694. The Balaban J connectivity index is 1.31. The average Bonchev–Trinajstić information content (AvgIpc) is 2.81. The Bertz CT molecular complexity index is 944. The summed E-state index contributed by atoms with van der Waals surface area (Å²) in [6, 6.07) is 16.4. The predicted molar refractivity (Wildman–Crippen MR) is 126 cm³/mol. The minimum atomic E-state index is -0.150. The van der Waals surface area contributed by atoms with E-state index in [1.807, 2.05) is 36.4 Å². The second-order valence-corrected chi connectivity index (χ2v) is 8.99. The van der Waals surface area contributed by atoms with Crippen molar-refractivity contribution in [1.82, 2.24) is 10.2 Å². The van der Waals surface area contributed by atoms with Gasteiger partial charge in [0.2, 0.25) is 11.8 Å². The maximum absolute atomic E-state index is 12.6. The number of rotatable bonds is 7. The highest BCUT2D eigenvalue weighted by Gasteiger charge is 2.31. The molecule has 0 bridgehead atoms. The van der Waals surface area contributed by atoms with Gasteiger partial charge in [-0.2, -0.15) is 0 Å². The van der Waals surface area contributed by atoms with Crippen LogP contribution in [0.15, 0.2) is 48.5 Å². The van der Waals surface area contributed by atoms with Crippen LogP contribution in [0.4, 0.5) is 5.69 Å². The highest BCUT2D eigenvalue weighted by molar-refractivity contribution is 5.96. The molecule has 6 heteroatoms. The van der Waals surface area contributed by atoms with Gasteiger partial charge in [0.25, 0.3) is 0 Å². The van der Waals surface area contributed by atoms with E-state index in [4.69, 9.17) is 4.74 Å². The van der Waals surface area contributed by atoms with E-state index in [9.17, 15) is 9.59 Å². The van der Waals surface area contributed by atoms with Crippen LogP contribution in [0.5, 0.6) is 5.75 Å². The molecule has 0 saturated carbocycles. The van der Waals surface area contributed by atoms with Crippen LogP contribution in [-0.4, -0.2) is 44.0 Å². The average molecular weight is 436 g/mol. The third-order valence-electron chi connectivity index (χ3n) is 6.86. The fourth-order valence-corrected chi connectivity index (χ4v) is 5.09. The van der Waals surface area contributed by atoms with Crippen LogP contribution in [0.3, 0.4) is 0 Å². The van der Waals surface area contributed by atoms with Crippen LogP contribution in [0.1, 0.15) is 42.9 Å². The zero-order valence-electron chi connectivity index (χ0n) is 19.0. The normalized spacial score (nSPS) is 23.2. The molecule has 4 rings (SSSR count). The lowest BCUT2D eigenvalue weighted by molar-refractivity contribution is -0.123. The van der Waals surface area contributed by atoms with Crippen molar-refractivity contribution in [2.24, 2.45) is 11.8 Å². The van der Waals surface area contributed by atoms with Crippen molar-refractivity contribution in [3.05, 3.63) is 59.7 Å². The van der Waals surface area contributed by atoms with Crippen molar-refractivity contribution >= 4 is 17.5 Å². The molecule has 6 nitrogen and oxygen atoms in total. The molecule has 2 aromatic carbocycles. The maximum Gasteiger partial charge on any atom is 0.227 e. The lowest BCUT2D eigenvalue weighted by Gasteiger charge is -2.39. The fraction of sp³-hybridized carbons (Fsp3) is 0.462. The van der Waals surface area contributed by atoms with E-state index in [-0.39, 0.29) is 23.8 Å². The SMILES string of the molecule is COc1ccc(C2C(CNC(=O)CCC3Cc4ccccc4NC3=O)CCCN2C)cc1. The zero-order chi connectivity index (χ0) is 22.5. The van der Waals surface area contributed by atoms with Gasteiger partial charge >= 0.3 is 0 Å². The van der Waals surface area contributed by atoms with Gasteiger partial charge in [-0.1, -0.05) is 30.3 Å². The minimum absolute atomic E-state index is 0.0185. The number of methoxy groups -OCH3 is 1. The van der Waals surface area contributed by atoms with Crippen LogP contribution in [0.25, 0.3) is 0 Å². The Morgan fingerprint density at radius 2 is 1.97 bits per heavy atom. The zero-order valence-corrected chi connectivity index (χ0v) is 19.0. The van der Waals surface area contributed by atoms with Crippen molar-refractivity contribution in [2.45, 2.75) is 38.1 Å². The number of hydrogen-bond donors (Lipinski definition) is 2. The van der Waals surface area contributed by atoms with E-state index < -0.39 is 0 Å². The van der Waals surface area contributed by atoms with Crippen LogP contribution >= 0.6 is 0 Å². The molecule has 0 radical (unpaired) electrons. The second kappa shape index (κ2) is 10.2. The molecular formula is C26H33N3O3. The van der Waals surface area contributed by atoms with Gasteiger partial charge in [-0.05, 0) is 74.5 Å². The Kier molecular flexibility index (Phi) is 7.10. The van der Waals surface area contributed by atoms with Gasteiger partial charge in [0.15, 0.2) is 0 Å². The predicted octanol–water partition coefficient (Wildman–Crippen LogP) is 3.79. The summed E-state index contributed by atoms with van der Waals surface area (Å²) in [5.74, 6) is 1.11. The molecule has 0 aliphatic carbocycles. The molecular weight excluding hydrogens is 402 g/mol. The standard InChI is InChI=1S/C26H33N3O3/c1-29-15-5-7-21(25(29)18-9-12-22(32-2)13-10-18)17-27-24(30)14-11-20-16-19-6-3-4-8-23(19)28-26(20)31/h3-4,6,8-10,12-13,20-21,25H,5,7,11,14-17H2,1-2H3,(H,27,30)(H,28,31). The first kappa shape index (κ1) is 22.3. The number of para-hydroxylation sites is 1.